The predicted octanol–water partition coefficient (Wildman–Crippen LogP) is 26.4. The maximum absolute atomic E-state index is 6.64. The molecule has 0 atom stereocenters. The van der Waals surface area contributed by atoms with Gasteiger partial charge >= 0.3 is 0 Å². The molecule has 0 amide bonds. The van der Waals surface area contributed by atoms with Crippen molar-refractivity contribution in [3.63, 3.8) is 0 Å². The number of rotatable bonds is 12. The van der Waals surface area contributed by atoms with E-state index in [1.807, 2.05) is 12.1 Å². The normalized spacial score (nSPS) is 12.4. The average molecular weight is 1290 g/mol. The summed E-state index contributed by atoms with van der Waals surface area (Å²) in [6.45, 7) is 0. The van der Waals surface area contributed by atoms with Gasteiger partial charge in [0.15, 0.2) is 0 Å². The van der Waals surface area contributed by atoms with Gasteiger partial charge in [-0.25, -0.2) is 0 Å². The molecule has 4 heteroatoms. The summed E-state index contributed by atoms with van der Waals surface area (Å²) in [5, 5.41) is 6.99. The first kappa shape index (κ1) is 57.9. The first-order valence-electron chi connectivity index (χ1n) is 34.7. The summed E-state index contributed by atoms with van der Waals surface area (Å²) < 4.78 is 15.6. The molecule has 101 heavy (non-hydrogen) atoms. The minimum Gasteiger partial charge on any atom is -0.455 e. The van der Waals surface area contributed by atoms with Crippen molar-refractivity contribution in [1.29, 1.82) is 0 Å². The molecule has 0 aliphatic heterocycles. The quantitative estimate of drug-likeness (QED) is 0.122. The number of nitrogens with zero attached hydrogens (tertiary/aromatic N) is 2. The Morgan fingerprint density at radius 3 is 1.07 bits per heavy atom. The summed E-state index contributed by atoms with van der Waals surface area (Å²) in [6, 6.07) is 137. The molecule has 20 rings (SSSR count). The molecule has 3 aromatic heterocycles. The second-order valence-electron chi connectivity index (χ2n) is 26.6. The molecule has 0 bridgehead atoms. The van der Waals surface area contributed by atoms with E-state index in [0.717, 1.165) is 117 Å². The lowest BCUT2D eigenvalue weighted by molar-refractivity contribution is 0.669. The van der Waals surface area contributed by atoms with E-state index in [1.165, 1.54) is 71.9 Å². The molecule has 19 aromatic rings. The maximum Gasteiger partial charge on any atom is 0.143 e. The zero-order valence-electron chi connectivity index (χ0n) is 55.0. The highest BCUT2D eigenvalue weighted by molar-refractivity contribution is 6.12. The van der Waals surface area contributed by atoms with Gasteiger partial charge < -0.3 is 18.3 Å². The fourth-order valence-electron chi connectivity index (χ4n) is 16.4. The van der Waals surface area contributed by atoms with E-state index in [0.29, 0.717) is 0 Å². The lowest BCUT2D eigenvalue weighted by Gasteiger charge is -2.35. The molecule has 0 spiro atoms. The molecular formula is C97H62N2O2. The molecule has 0 saturated carbocycles. The van der Waals surface area contributed by atoms with Crippen molar-refractivity contribution >= 4 is 82.7 Å². The molecule has 0 saturated heterocycles. The third-order valence-electron chi connectivity index (χ3n) is 21.2. The Labute approximate surface area is 584 Å². The summed E-state index contributed by atoms with van der Waals surface area (Å²) in [5.74, 6) is 0. The molecule has 3 heterocycles. The lowest BCUT2D eigenvalue weighted by Crippen LogP contribution is -2.29. The van der Waals surface area contributed by atoms with Gasteiger partial charge in [-0.15, -0.1) is 0 Å². The fourth-order valence-corrected chi connectivity index (χ4v) is 16.4. The Morgan fingerprint density at radius 1 is 0.228 bits per heavy atom. The van der Waals surface area contributed by atoms with Crippen molar-refractivity contribution < 1.29 is 8.83 Å². The number of aromatic nitrogens is 1. The molecular weight excluding hydrogens is 1230 g/mol. The molecule has 16 aromatic carbocycles. The van der Waals surface area contributed by atoms with Crippen LogP contribution in [-0.4, -0.2) is 4.57 Å². The monoisotopic (exact) mass is 1290 g/mol. The topological polar surface area (TPSA) is 34.5 Å². The summed E-state index contributed by atoms with van der Waals surface area (Å²) in [5.41, 5.74) is 30.6. The minimum atomic E-state index is -0.723. The Morgan fingerprint density at radius 2 is 0.564 bits per heavy atom. The number of anilines is 3. The Hall–Kier alpha value is -13.3. The third kappa shape index (κ3) is 9.37. The second kappa shape index (κ2) is 23.5. The van der Waals surface area contributed by atoms with Crippen LogP contribution in [0, 0.1) is 0 Å². The molecule has 472 valence electrons. The molecule has 0 radical (unpaired) electrons. The van der Waals surface area contributed by atoms with Crippen LogP contribution >= 0.6 is 0 Å². The molecule has 0 fully saturated rings. The first-order valence-corrected chi connectivity index (χ1v) is 34.7. The lowest BCUT2D eigenvalue weighted by atomic mass is 9.66. The van der Waals surface area contributed by atoms with Crippen LogP contribution in [0.1, 0.15) is 22.3 Å². The average Bonchev–Trinajstić information content (AvgIpc) is 1.54. The van der Waals surface area contributed by atoms with Crippen molar-refractivity contribution in [2.75, 3.05) is 4.90 Å². The van der Waals surface area contributed by atoms with Crippen molar-refractivity contribution in [2.24, 2.45) is 0 Å². The number of furan rings is 2. The smallest absolute Gasteiger partial charge is 0.143 e. The van der Waals surface area contributed by atoms with Gasteiger partial charge in [0.05, 0.1) is 16.4 Å². The zero-order valence-corrected chi connectivity index (χ0v) is 55.0. The summed E-state index contributed by atoms with van der Waals surface area (Å²) in [6.07, 6.45) is 0. The Bertz CT molecular complexity index is 6170. The summed E-state index contributed by atoms with van der Waals surface area (Å²) in [7, 11) is 0. The van der Waals surface area contributed by atoms with E-state index in [4.69, 9.17) is 8.83 Å². The van der Waals surface area contributed by atoms with E-state index in [2.05, 4.69) is 373 Å². The van der Waals surface area contributed by atoms with Crippen molar-refractivity contribution in [1.82, 2.24) is 4.57 Å². The number of para-hydroxylation sites is 6. The number of hydrogen-bond acceptors (Lipinski definition) is 3. The SMILES string of the molecule is c1ccc(-c2ccc(N(c3ccc(-c4ccc(-c5cccc6c5C(c5ccc(-c7cccc8c7oc7ccccc78)cc5)(c5ccc(-c7cccc8c7oc7ccccc78)cc5)c5ccccc5-6)cc4)cc3)c3ccc(-c4ccc(-n5c6ccccc6c6ccccc65)cc4)cc3)cc2)cc1. The summed E-state index contributed by atoms with van der Waals surface area (Å²) >= 11 is 0. The molecule has 0 N–H and O–H groups in total. The third-order valence-corrected chi connectivity index (χ3v) is 21.2. The Balaban J connectivity index is 0.662. The van der Waals surface area contributed by atoms with Crippen molar-refractivity contribution in [2.45, 2.75) is 5.41 Å². The van der Waals surface area contributed by atoms with Crippen LogP contribution in [0.3, 0.4) is 0 Å². The number of fused-ring (bicyclic) bond motifs is 12. The highest BCUT2D eigenvalue weighted by atomic mass is 16.3. The zero-order chi connectivity index (χ0) is 66.5. The van der Waals surface area contributed by atoms with Crippen LogP contribution < -0.4 is 4.90 Å². The molecule has 4 nitrogen and oxygen atoms in total. The van der Waals surface area contributed by atoms with Gasteiger partial charge in [-0.1, -0.05) is 303 Å². The maximum atomic E-state index is 6.64. The van der Waals surface area contributed by atoms with Gasteiger partial charge in [0.2, 0.25) is 0 Å². The Kier molecular flexibility index (Phi) is 13.5. The van der Waals surface area contributed by atoms with Gasteiger partial charge in [0, 0.05) is 66.2 Å². The van der Waals surface area contributed by atoms with E-state index in [9.17, 15) is 0 Å². The molecule has 0 unspecified atom stereocenters. The highest BCUT2D eigenvalue weighted by Gasteiger charge is 2.48. The van der Waals surface area contributed by atoms with Crippen molar-refractivity contribution in [3.05, 3.63) is 398 Å². The van der Waals surface area contributed by atoms with Crippen LogP contribution in [-0.2, 0) is 5.41 Å². The standard InChI is InChI=1S/C97H62N2O2/c1-2-17-63(18-3-1)65-43-55-74(56-44-65)98(76-59-47-67(48-60-76)68-49-61-77(62-50-68)99-90-31-10-5-20-82(90)83-21-6-11-32-91(83)99)75-57-45-66(46-58-75)64-35-37-69(38-36-64)78-24-14-27-86-81-19-4-9-30-89(81)97(94(78)86,72-51-39-70(40-52-72)79-25-15-28-87-84-22-7-12-33-92(84)100-95(79)87)73-53-41-71(42-54-73)80-26-16-29-88-85-23-8-13-34-93(85)101-96(80)88/h1-62H. The van der Waals surface area contributed by atoms with Gasteiger partial charge in [-0.2, -0.15) is 0 Å². The first-order chi connectivity index (χ1) is 50.1. The van der Waals surface area contributed by atoms with Gasteiger partial charge in [0.25, 0.3) is 0 Å². The van der Waals surface area contributed by atoms with Gasteiger partial charge in [0.1, 0.15) is 22.3 Å². The van der Waals surface area contributed by atoms with Gasteiger partial charge in [-0.05, 0) is 162 Å². The summed E-state index contributed by atoms with van der Waals surface area (Å²) in [4.78, 5) is 2.36. The van der Waals surface area contributed by atoms with E-state index >= 15 is 0 Å². The fraction of sp³-hybridized carbons (Fsp3) is 0.0103. The number of hydrogen-bond donors (Lipinski definition) is 0. The van der Waals surface area contributed by atoms with Crippen LogP contribution in [0.15, 0.2) is 385 Å². The van der Waals surface area contributed by atoms with E-state index < -0.39 is 5.41 Å². The molecule has 1 aliphatic carbocycles. The second-order valence-corrected chi connectivity index (χ2v) is 26.6. The van der Waals surface area contributed by atoms with Crippen LogP contribution in [0.25, 0.3) is 149 Å². The predicted molar refractivity (Wildman–Crippen MR) is 420 cm³/mol. The van der Waals surface area contributed by atoms with Crippen LogP contribution in [0.4, 0.5) is 17.1 Å². The van der Waals surface area contributed by atoms with Crippen LogP contribution in [0.5, 0.6) is 0 Å². The van der Waals surface area contributed by atoms with Gasteiger partial charge in [-0.3, -0.25) is 0 Å². The van der Waals surface area contributed by atoms with Crippen molar-refractivity contribution in [3.8, 4) is 83.6 Å². The highest BCUT2D eigenvalue weighted by Crippen LogP contribution is 2.59. The molecule has 1 aliphatic rings. The van der Waals surface area contributed by atoms with E-state index in [-0.39, 0.29) is 0 Å². The van der Waals surface area contributed by atoms with Crippen LogP contribution in [0.2, 0.25) is 0 Å². The largest absolute Gasteiger partial charge is 0.455 e. The minimum absolute atomic E-state index is 0.723. The number of benzene rings is 16. The van der Waals surface area contributed by atoms with E-state index in [1.54, 1.807) is 0 Å².